The summed E-state index contributed by atoms with van der Waals surface area (Å²) in [5.41, 5.74) is 6.19. The van der Waals surface area contributed by atoms with Crippen LogP contribution in [0.3, 0.4) is 0 Å². The third kappa shape index (κ3) is 2.77. The van der Waals surface area contributed by atoms with Gasteiger partial charge < -0.3 is 15.0 Å². The summed E-state index contributed by atoms with van der Waals surface area (Å²) in [4.78, 5) is 16.9. The monoisotopic (exact) mass is 346 g/mol. The van der Waals surface area contributed by atoms with E-state index in [4.69, 9.17) is 5.11 Å². The van der Waals surface area contributed by atoms with E-state index in [-0.39, 0.29) is 0 Å². The van der Waals surface area contributed by atoms with E-state index in [2.05, 4.69) is 60.3 Å². The Balaban J connectivity index is 1.63. The van der Waals surface area contributed by atoms with Crippen molar-refractivity contribution in [2.24, 2.45) is 0 Å². The first-order valence-electron chi connectivity index (χ1n) is 8.89. The molecule has 0 radical (unpaired) electrons. The van der Waals surface area contributed by atoms with Crippen molar-refractivity contribution in [3.63, 3.8) is 0 Å². The SMILES string of the molecule is CC1CC(c2ccc(-c3ccc(C(=O)O)cc3)[nH]2)N(C)c2ccccc21. The van der Waals surface area contributed by atoms with E-state index in [1.165, 1.54) is 16.9 Å². The fourth-order valence-corrected chi connectivity index (χ4v) is 3.92. The van der Waals surface area contributed by atoms with Gasteiger partial charge >= 0.3 is 5.97 Å². The van der Waals surface area contributed by atoms with E-state index in [9.17, 15) is 4.79 Å². The number of aromatic nitrogens is 1. The topological polar surface area (TPSA) is 56.3 Å². The zero-order chi connectivity index (χ0) is 18.3. The van der Waals surface area contributed by atoms with Crippen LogP contribution in [0, 0.1) is 0 Å². The lowest BCUT2D eigenvalue weighted by Gasteiger charge is -2.38. The van der Waals surface area contributed by atoms with Crippen molar-refractivity contribution in [1.29, 1.82) is 0 Å². The largest absolute Gasteiger partial charge is 0.478 e. The fourth-order valence-electron chi connectivity index (χ4n) is 3.92. The summed E-state index contributed by atoms with van der Waals surface area (Å²) in [6, 6.07) is 20.1. The molecule has 2 unspecified atom stereocenters. The predicted molar refractivity (Wildman–Crippen MR) is 104 cm³/mol. The van der Waals surface area contributed by atoms with Gasteiger partial charge in [0, 0.05) is 24.1 Å². The molecule has 2 atom stereocenters. The van der Waals surface area contributed by atoms with Gasteiger partial charge in [0.05, 0.1) is 11.6 Å². The molecule has 0 saturated carbocycles. The maximum atomic E-state index is 11.0. The minimum Gasteiger partial charge on any atom is -0.478 e. The van der Waals surface area contributed by atoms with Gasteiger partial charge in [0.1, 0.15) is 0 Å². The van der Waals surface area contributed by atoms with E-state index in [0.29, 0.717) is 17.5 Å². The van der Waals surface area contributed by atoms with Crippen LogP contribution < -0.4 is 4.90 Å². The maximum Gasteiger partial charge on any atom is 0.335 e. The molecule has 0 fully saturated rings. The molecule has 0 saturated heterocycles. The molecule has 2 N–H and O–H groups in total. The first kappa shape index (κ1) is 16.5. The molecule has 2 aromatic carbocycles. The summed E-state index contributed by atoms with van der Waals surface area (Å²) in [5.74, 6) is -0.394. The smallest absolute Gasteiger partial charge is 0.335 e. The van der Waals surface area contributed by atoms with Crippen molar-refractivity contribution < 1.29 is 9.90 Å². The molecule has 26 heavy (non-hydrogen) atoms. The maximum absolute atomic E-state index is 11.0. The van der Waals surface area contributed by atoms with Crippen molar-refractivity contribution in [1.82, 2.24) is 4.98 Å². The van der Waals surface area contributed by atoms with E-state index in [0.717, 1.165) is 17.7 Å². The Morgan fingerprint density at radius 1 is 1.08 bits per heavy atom. The standard InChI is InChI=1S/C22H22N2O2/c1-14-13-21(24(2)20-6-4-3-5-17(14)20)19-12-11-18(23-19)15-7-9-16(10-8-15)22(25)26/h3-12,14,21,23H,13H2,1-2H3,(H,25,26). The van der Waals surface area contributed by atoms with Crippen molar-refractivity contribution in [2.75, 3.05) is 11.9 Å². The molecule has 0 spiro atoms. The number of nitrogens with one attached hydrogen (secondary N) is 1. The molecule has 0 amide bonds. The number of carboxylic acids is 1. The second kappa shape index (κ2) is 6.37. The van der Waals surface area contributed by atoms with Crippen molar-refractivity contribution in [2.45, 2.75) is 25.3 Å². The molecule has 1 aromatic heterocycles. The van der Waals surface area contributed by atoms with Gasteiger partial charge in [0.25, 0.3) is 0 Å². The number of H-pyrrole nitrogens is 1. The minimum absolute atomic E-state index is 0.298. The lowest BCUT2D eigenvalue weighted by Crippen LogP contribution is -2.30. The van der Waals surface area contributed by atoms with Crippen LogP contribution in [0.15, 0.2) is 60.7 Å². The molecule has 2 heterocycles. The second-order valence-electron chi connectivity index (χ2n) is 7.03. The van der Waals surface area contributed by atoms with Gasteiger partial charge in [-0.05, 0) is 53.8 Å². The molecule has 0 bridgehead atoms. The third-order valence-corrected chi connectivity index (χ3v) is 5.40. The lowest BCUT2D eigenvalue weighted by molar-refractivity contribution is 0.0697. The number of rotatable bonds is 3. The Kier molecular flexibility index (Phi) is 4.03. The predicted octanol–water partition coefficient (Wildman–Crippen LogP) is 5.06. The van der Waals surface area contributed by atoms with Gasteiger partial charge in [-0.2, -0.15) is 0 Å². The molecule has 1 aliphatic rings. The van der Waals surface area contributed by atoms with Crippen LogP contribution >= 0.6 is 0 Å². The summed E-state index contributed by atoms with van der Waals surface area (Å²) < 4.78 is 0. The molecule has 132 valence electrons. The van der Waals surface area contributed by atoms with Crippen LogP contribution in [0.1, 0.15) is 46.9 Å². The number of fused-ring (bicyclic) bond motifs is 1. The van der Waals surface area contributed by atoms with Gasteiger partial charge in [-0.1, -0.05) is 37.3 Å². The number of hydrogen-bond donors (Lipinski definition) is 2. The Labute approximate surface area is 153 Å². The van der Waals surface area contributed by atoms with Crippen molar-refractivity contribution >= 4 is 11.7 Å². The number of aromatic carboxylic acids is 1. The highest BCUT2D eigenvalue weighted by Crippen LogP contribution is 2.43. The minimum atomic E-state index is -0.903. The average Bonchev–Trinajstić information content (AvgIpc) is 3.15. The average molecular weight is 346 g/mol. The number of benzene rings is 2. The number of anilines is 1. The summed E-state index contributed by atoms with van der Waals surface area (Å²) in [6.07, 6.45) is 1.06. The van der Waals surface area contributed by atoms with Crippen LogP contribution in [-0.4, -0.2) is 23.1 Å². The van der Waals surface area contributed by atoms with Gasteiger partial charge in [-0.3, -0.25) is 0 Å². The fraction of sp³-hybridized carbons (Fsp3) is 0.227. The molecular weight excluding hydrogens is 324 g/mol. The van der Waals surface area contributed by atoms with Gasteiger partial charge in [-0.15, -0.1) is 0 Å². The Bertz CT molecular complexity index is 943. The first-order valence-corrected chi connectivity index (χ1v) is 8.89. The molecule has 4 rings (SSSR count). The molecular formula is C22H22N2O2. The molecule has 4 nitrogen and oxygen atoms in total. The second-order valence-corrected chi connectivity index (χ2v) is 7.03. The summed E-state index contributed by atoms with van der Waals surface area (Å²) >= 11 is 0. The number of carbonyl (C=O) groups is 1. The molecule has 3 aromatic rings. The normalized spacial score (nSPS) is 19.2. The summed E-state index contributed by atoms with van der Waals surface area (Å²) in [6.45, 7) is 2.29. The highest BCUT2D eigenvalue weighted by atomic mass is 16.4. The highest BCUT2D eigenvalue weighted by Gasteiger charge is 2.29. The van der Waals surface area contributed by atoms with Gasteiger partial charge in [0.15, 0.2) is 0 Å². The number of hydrogen-bond acceptors (Lipinski definition) is 2. The zero-order valence-corrected chi connectivity index (χ0v) is 14.9. The number of nitrogens with zero attached hydrogens (tertiary/aromatic N) is 1. The number of carboxylic acid groups (broad SMARTS) is 1. The van der Waals surface area contributed by atoms with Crippen molar-refractivity contribution in [3.05, 3.63) is 77.5 Å². The van der Waals surface area contributed by atoms with E-state index in [1.807, 2.05) is 12.1 Å². The van der Waals surface area contributed by atoms with Crippen LogP contribution in [0.25, 0.3) is 11.3 Å². The molecule has 1 aliphatic heterocycles. The summed E-state index contributed by atoms with van der Waals surface area (Å²) in [7, 11) is 2.15. The van der Waals surface area contributed by atoms with E-state index < -0.39 is 5.97 Å². The van der Waals surface area contributed by atoms with Crippen LogP contribution in [0.5, 0.6) is 0 Å². The Morgan fingerprint density at radius 3 is 2.54 bits per heavy atom. The third-order valence-electron chi connectivity index (χ3n) is 5.40. The van der Waals surface area contributed by atoms with Crippen LogP contribution in [0.4, 0.5) is 5.69 Å². The quantitative estimate of drug-likeness (QED) is 0.696. The molecule has 0 aliphatic carbocycles. The number of para-hydroxylation sites is 1. The molecule has 4 heteroatoms. The van der Waals surface area contributed by atoms with Crippen LogP contribution in [0.2, 0.25) is 0 Å². The Hall–Kier alpha value is -3.01. The van der Waals surface area contributed by atoms with E-state index in [1.54, 1.807) is 12.1 Å². The number of aromatic amines is 1. The van der Waals surface area contributed by atoms with Crippen molar-refractivity contribution in [3.8, 4) is 11.3 Å². The van der Waals surface area contributed by atoms with Crippen LogP contribution in [-0.2, 0) is 0 Å². The van der Waals surface area contributed by atoms with Gasteiger partial charge in [-0.25, -0.2) is 4.79 Å². The van der Waals surface area contributed by atoms with E-state index >= 15 is 0 Å². The lowest BCUT2D eigenvalue weighted by atomic mass is 9.86. The zero-order valence-electron chi connectivity index (χ0n) is 14.9. The first-order chi connectivity index (χ1) is 12.5. The van der Waals surface area contributed by atoms with Gasteiger partial charge in [0.2, 0.25) is 0 Å². The Morgan fingerprint density at radius 2 is 1.81 bits per heavy atom. The highest BCUT2D eigenvalue weighted by molar-refractivity contribution is 5.88. The summed E-state index contributed by atoms with van der Waals surface area (Å²) in [5, 5.41) is 9.04.